The first-order chi connectivity index (χ1) is 13.8. The van der Waals surface area contributed by atoms with Crippen molar-refractivity contribution in [3.05, 3.63) is 76.5 Å². The number of nitrogens with zero attached hydrogens (tertiary/aromatic N) is 1. The Labute approximate surface area is 174 Å². The van der Waals surface area contributed by atoms with Crippen LogP contribution in [0.2, 0.25) is 0 Å². The summed E-state index contributed by atoms with van der Waals surface area (Å²) in [7, 11) is -8.69. The number of aromatic amines is 1. The van der Waals surface area contributed by atoms with E-state index < -0.39 is 20.3 Å². The zero-order valence-electron chi connectivity index (χ0n) is 15.9. The van der Waals surface area contributed by atoms with Crippen molar-refractivity contribution in [3.63, 3.8) is 0 Å². The summed E-state index contributed by atoms with van der Waals surface area (Å²) in [6.45, 7) is 3.65. The van der Waals surface area contributed by atoms with Gasteiger partial charge in [-0.25, -0.2) is 46.5 Å². The van der Waals surface area contributed by atoms with Gasteiger partial charge in [-0.1, -0.05) is 30.3 Å². The number of nitrogens with two attached hydrogens (primary N) is 1. The number of nitrogens with one attached hydrogen (secondary N) is 1. The summed E-state index contributed by atoms with van der Waals surface area (Å²) in [5.41, 5.74) is 2.71. The summed E-state index contributed by atoms with van der Waals surface area (Å²) in [6, 6.07) is 15.6. The van der Waals surface area contributed by atoms with Crippen molar-refractivity contribution >= 4 is 10.0 Å². The van der Waals surface area contributed by atoms with E-state index in [4.69, 9.17) is 23.8 Å². The summed E-state index contributed by atoms with van der Waals surface area (Å²) >= 11 is 0. The minimum atomic E-state index is -4.94. The molecule has 3 rings (SSSR count). The molecule has 3 aromatic rings. The fraction of sp³-hybridized carbons (Fsp3) is 0.111. The smallest absolute Gasteiger partial charge is 0.241 e. The van der Waals surface area contributed by atoms with Gasteiger partial charge >= 0.3 is 5.56 Å². The maximum absolute atomic E-state index is 12.5. The molecule has 0 unspecified atom stereocenters. The van der Waals surface area contributed by atoms with E-state index in [1.165, 1.54) is 12.1 Å². The molecule has 0 bridgehead atoms. The third-order valence-corrected chi connectivity index (χ3v) is 4.97. The lowest BCUT2D eigenvalue weighted by Gasteiger charge is -2.17. The molecule has 0 amide bonds. The Balaban J connectivity index is 0.000000575. The SMILES string of the molecule is Cc1[nH]c(=O)c(-c2ccccc2)c(C)[n+]1-c1ccc(S(N)(=O)=O)cc1.[O-][Cl+3]([O-])([O-])[O-]. The highest BCUT2D eigenvalue weighted by Crippen LogP contribution is 2.18. The number of hydrogen-bond donors (Lipinski definition) is 2. The van der Waals surface area contributed by atoms with Crippen LogP contribution in [0.25, 0.3) is 16.8 Å². The molecule has 0 spiro atoms. The quantitative estimate of drug-likeness (QED) is 0.389. The van der Waals surface area contributed by atoms with Crippen molar-refractivity contribution in [2.75, 3.05) is 0 Å². The van der Waals surface area contributed by atoms with E-state index in [-0.39, 0.29) is 10.5 Å². The molecule has 0 aliphatic rings. The van der Waals surface area contributed by atoms with Gasteiger partial charge in [-0.15, -0.1) is 10.2 Å². The number of sulfonamides is 1. The van der Waals surface area contributed by atoms with Crippen LogP contribution in [0.5, 0.6) is 0 Å². The van der Waals surface area contributed by atoms with Crippen LogP contribution >= 0.6 is 0 Å². The zero-order chi connectivity index (χ0) is 22.7. The highest BCUT2D eigenvalue weighted by atomic mass is 35.7. The lowest BCUT2D eigenvalue weighted by molar-refractivity contribution is -2.00. The first-order valence-corrected chi connectivity index (χ1v) is 11.0. The average molecular weight is 456 g/mol. The van der Waals surface area contributed by atoms with Crippen LogP contribution < -0.4 is 33.9 Å². The summed E-state index contributed by atoms with van der Waals surface area (Å²) in [6.07, 6.45) is 0. The van der Waals surface area contributed by atoms with Crippen LogP contribution in [-0.2, 0) is 10.0 Å². The van der Waals surface area contributed by atoms with Crippen molar-refractivity contribution < 1.29 is 41.9 Å². The van der Waals surface area contributed by atoms with E-state index in [0.29, 0.717) is 11.4 Å². The minimum Gasteiger partial charge on any atom is -0.241 e. The fourth-order valence-corrected chi connectivity index (χ4v) is 3.44. The molecule has 0 radical (unpaired) electrons. The second-order valence-electron chi connectivity index (χ2n) is 6.12. The lowest BCUT2D eigenvalue weighted by atomic mass is 10.1. The third kappa shape index (κ3) is 6.18. The van der Waals surface area contributed by atoms with Gasteiger partial charge in [0.2, 0.25) is 10.0 Å². The van der Waals surface area contributed by atoms with Crippen molar-refractivity contribution in [3.8, 4) is 16.8 Å². The van der Waals surface area contributed by atoms with E-state index in [1.54, 1.807) is 19.1 Å². The Morgan fingerprint density at radius 3 is 1.90 bits per heavy atom. The first kappa shape index (κ1) is 23.6. The van der Waals surface area contributed by atoms with Crippen LogP contribution in [-0.4, -0.2) is 13.4 Å². The van der Waals surface area contributed by atoms with Gasteiger partial charge in [-0.3, -0.25) is 0 Å². The van der Waals surface area contributed by atoms with Gasteiger partial charge in [0.1, 0.15) is 16.9 Å². The molecule has 0 aliphatic heterocycles. The molecule has 12 heteroatoms. The summed E-state index contributed by atoms with van der Waals surface area (Å²) < 4.78 is 58.7. The second kappa shape index (κ2) is 9.02. The zero-order valence-corrected chi connectivity index (χ0v) is 17.4. The van der Waals surface area contributed by atoms with Gasteiger partial charge in [-0.05, 0) is 36.8 Å². The van der Waals surface area contributed by atoms with E-state index in [1.807, 2.05) is 41.8 Å². The van der Waals surface area contributed by atoms with Crippen molar-refractivity contribution in [1.29, 1.82) is 0 Å². The van der Waals surface area contributed by atoms with E-state index in [9.17, 15) is 13.2 Å². The maximum Gasteiger partial charge on any atom is 0.343 e. The average Bonchev–Trinajstić information content (AvgIpc) is 2.60. The third-order valence-electron chi connectivity index (χ3n) is 4.04. The number of hydrogen-bond acceptors (Lipinski definition) is 7. The molecule has 10 nitrogen and oxygen atoms in total. The Hall–Kier alpha value is -2.64. The highest BCUT2D eigenvalue weighted by Gasteiger charge is 2.21. The van der Waals surface area contributed by atoms with Gasteiger partial charge in [0, 0.05) is 6.92 Å². The van der Waals surface area contributed by atoms with Crippen LogP contribution in [0.15, 0.2) is 64.3 Å². The Bertz CT molecular complexity index is 1180. The molecule has 1 aromatic heterocycles. The molecule has 160 valence electrons. The molecule has 0 saturated carbocycles. The van der Waals surface area contributed by atoms with Gasteiger partial charge < -0.3 is 0 Å². The van der Waals surface area contributed by atoms with Crippen LogP contribution in [0, 0.1) is 24.1 Å². The summed E-state index contributed by atoms with van der Waals surface area (Å²) in [4.78, 5) is 15.4. The molecule has 1 heterocycles. The highest BCUT2D eigenvalue weighted by molar-refractivity contribution is 7.89. The Morgan fingerprint density at radius 2 is 1.43 bits per heavy atom. The molecule has 3 N–H and O–H groups in total. The second-order valence-corrected chi connectivity index (χ2v) is 8.44. The van der Waals surface area contributed by atoms with Gasteiger partial charge in [0.05, 0.1) is 4.90 Å². The monoisotopic (exact) mass is 455 g/mol. The minimum absolute atomic E-state index is 0.0415. The van der Waals surface area contributed by atoms with E-state index in [2.05, 4.69) is 4.98 Å². The first-order valence-electron chi connectivity index (χ1n) is 8.25. The van der Waals surface area contributed by atoms with Gasteiger partial charge in [-0.2, -0.15) is 0 Å². The largest absolute Gasteiger partial charge is 0.343 e. The molecular weight excluding hydrogens is 438 g/mol. The number of H-pyrrole nitrogens is 1. The van der Waals surface area contributed by atoms with Crippen molar-refractivity contribution in [2.24, 2.45) is 5.14 Å². The van der Waals surface area contributed by atoms with Crippen LogP contribution in [0.4, 0.5) is 0 Å². The molecule has 0 aliphatic carbocycles. The standard InChI is InChI=1S/C18H17N3O3S.ClHO4/c1-12-17(14-6-4-3-5-7-14)18(22)20-13(2)21(12)15-8-10-16(11-9-15)25(19,23)24;2-1(3,4)5/h3-11H,1-2H3,(H2,19,23,24);(H,2,3,4,5). The van der Waals surface area contributed by atoms with Gasteiger partial charge in [0.25, 0.3) is 5.82 Å². The van der Waals surface area contributed by atoms with Crippen LogP contribution in [0.1, 0.15) is 11.5 Å². The summed E-state index contributed by atoms with van der Waals surface area (Å²) in [5, 5.41) is 5.14. The lowest BCUT2D eigenvalue weighted by Crippen LogP contribution is -2.68. The number of aryl methyl sites for hydroxylation is 1. The maximum atomic E-state index is 12.5. The number of benzene rings is 2. The summed E-state index contributed by atoms with van der Waals surface area (Å²) in [5.74, 6) is 0.644. The van der Waals surface area contributed by atoms with Gasteiger partial charge in [0.15, 0.2) is 0 Å². The molecule has 0 fully saturated rings. The predicted octanol–water partition coefficient (Wildman–Crippen LogP) is -3.17. The van der Waals surface area contributed by atoms with Crippen molar-refractivity contribution in [2.45, 2.75) is 18.7 Å². The number of halogens is 1. The molecule has 2 aromatic carbocycles. The van der Waals surface area contributed by atoms with E-state index >= 15 is 0 Å². The van der Waals surface area contributed by atoms with E-state index in [0.717, 1.165) is 16.9 Å². The number of rotatable bonds is 3. The normalized spacial score (nSPS) is 11.6. The molecule has 0 saturated heterocycles. The Kier molecular flexibility index (Phi) is 7.10. The van der Waals surface area contributed by atoms with Crippen LogP contribution in [0.3, 0.4) is 0 Å². The fourth-order valence-electron chi connectivity index (χ4n) is 2.93. The topological polar surface area (TPSA) is 189 Å². The van der Waals surface area contributed by atoms with Crippen molar-refractivity contribution in [1.82, 2.24) is 4.98 Å². The molecule has 30 heavy (non-hydrogen) atoms. The molecule has 0 atom stereocenters. The number of aromatic nitrogens is 2. The number of primary sulfonamides is 1. The molecular formula is C18H18ClN3O7S. The predicted molar refractivity (Wildman–Crippen MR) is 94.9 cm³/mol. The Morgan fingerprint density at radius 1 is 0.933 bits per heavy atom.